The Morgan fingerprint density at radius 2 is 1.86 bits per heavy atom. The first-order chi connectivity index (χ1) is 9.90. The van der Waals surface area contributed by atoms with Gasteiger partial charge in [0.25, 0.3) is 0 Å². The van der Waals surface area contributed by atoms with Crippen LogP contribution in [0.1, 0.15) is 33.1 Å². The van der Waals surface area contributed by atoms with Crippen molar-refractivity contribution in [3.05, 3.63) is 0 Å². The van der Waals surface area contributed by atoms with Gasteiger partial charge in [0.1, 0.15) is 0 Å². The van der Waals surface area contributed by atoms with Gasteiger partial charge in [-0.25, -0.2) is 0 Å². The van der Waals surface area contributed by atoms with E-state index in [9.17, 15) is 10.2 Å². The van der Waals surface area contributed by atoms with Gasteiger partial charge in [-0.05, 0) is 52.4 Å². The fraction of sp³-hybridized carbons (Fsp3) is 1.00. The lowest BCUT2D eigenvalue weighted by atomic mass is 9.87. The molecule has 0 saturated carbocycles. The first-order valence-electron chi connectivity index (χ1n) is 8.30. The molecule has 2 N–H and O–H groups in total. The zero-order chi connectivity index (χ0) is 15.6. The van der Waals surface area contributed by atoms with Gasteiger partial charge in [-0.1, -0.05) is 13.8 Å². The highest BCUT2D eigenvalue weighted by molar-refractivity contribution is 4.94. The molecule has 0 aromatic heterocycles. The third kappa shape index (κ3) is 4.17. The lowest BCUT2D eigenvalue weighted by molar-refractivity contribution is -0.190. The van der Waals surface area contributed by atoms with Gasteiger partial charge in [0.15, 0.2) is 0 Å². The van der Waals surface area contributed by atoms with Crippen molar-refractivity contribution >= 4 is 0 Å². The summed E-state index contributed by atoms with van der Waals surface area (Å²) in [4.78, 5) is 4.37. The Morgan fingerprint density at radius 1 is 1.24 bits per heavy atom. The van der Waals surface area contributed by atoms with E-state index in [1.54, 1.807) is 0 Å². The molecule has 2 aliphatic heterocycles. The molecule has 21 heavy (non-hydrogen) atoms. The maximum Gasteiger partial charge on any atom is 0.0959 e. The highest BCUT2D eigenvalue weighted by Crippen LogP contribution is 2.29. The van der Waals surface area contributed by atoms with Gasteiger partial charge in [0.2, 0.25) is 0 Å². The number of hydrogen-bond donors (Lipinski definition) is 2. The molecule has 124 valence electrons. The molecule has 0 bridgehead atoms. The van der Waals surface area contributed by atoms with Crippen LogP contribution in [0.15, 0.2) is 0 Å². The van der Waals surface area contributed by atoms with E-state index in [-0.39, 0.29) is 24.2 Å². The first-order valence-corrected chi connectivity index (χ1v) is 8.30. The van der Waals surface area contributed by atoms with Gasteiger partial charge in [-0.15, -0.1) is 0 Å². The second-order valence-corrected chi connectivity index (χ2v) is 7.22. The molecule has 2 rings (SSSR count). The van der Waals surface area contributed by atoms with Gasteiger partial charge in [-0.3, -0.25) is 0 Å². The van der Waals surface area contributed by atoms with E-state index in [2.05, 4.69) is 23.6 Å². The Hall–Kier alpha value is -0.200. The second-order valence-electron chi connectivity index (χ2n) is 7.22. The standard InChI is InChI=1S/C16H32N2O3/c1-11(2)16-15(20)12(17(3)4)9-14(21-16)13(19)10-18-7-5-6-8-18/h11-16,19-20H,5-10H2,1-4H3/t12?,13?,14-,15?,16+/m1/s1. The van der Waals surface area contributed by atoms with Gasteiger partial charge in [-0.2, -0.15) is 0 Å². The fourth-order valence-electron chi connectivity index (χ4n) is 3.60. The van der Waals surface area contributed by atoms with Crippen LogP contribution >= 0.6 is 0 Å². The third-order valence-electron chi connectivity index (χ3n) is 4.93. The van der Waals surface area contributed by atoms with E-state index in [4.69, 9.17) is 4.74 Å². The lowest BCUT2D eigenvalue weighted by Gasteiger charge is -2.45. The Labute approximate surface area is 128 Å². The van der Waals surface area contributed by atoms with Crippen molar-refractivity contribution < 1.29 is 14.9 Å². The topological polar surface area (TPSA) is 56.2 Å². The second kappa shape index (κ2) is 7.38. The number of aliphatic hydroxyl groups excluding tert-OH is 2. The molecule has 0 spiro atoms. The normalized spacial score (nSPS) is 36.6. The molecule has 5 atom stereocenters. The monoisotopic (exact) mass is 300 g/mol. The van der Waals surface area contributed by atoms with Crippen molar-refractivity contribution in [3.63, 3.8) is 0 Å². The van der Waals surface area contributed by atoms with Crippen LogP contribution < -0.4 is 0 Å². The van der Waals surface area contributed by atoms with Crippen molar-refractivity contribution in [2.45, 2.75) is 63.6 Å². The molecule has 0 aromatic rings. The fourth-order valence-corrected chi connectivity index (χ4v) is 3.60. The van der Waals surface area contributed by atoms with Crippen LogP contribution in [-0.4, -0.2) is 84.2 Å². The van der Waals surface area contributed by atoms with Gasteiger partial charge < -0.3 is 24.7 Å². The summed E-state index contributed by atoms with van der Waals surface area (Å²) >= 11 is 0. The minimum atomic E-state index is -0.491. The molecule has 2 fully saturated rings. The predicted octanol–water partition coefficient (Wildman–Crippen LogP) is 0.548. The lowest BCUT2D eigenvalue weighted by Crippen LogP contribution is -2.58. The Kier molecular flexibility index (Phi) is 6.03. The molecule has 5 nitrogen and oxygen atoms in total. The molecule has 2 aliphatic rings. The summed E-state index contributed by atoms with van der Waals surface area (Å²) < 4.78 is 6.06. The first kappa shape index (κ1) is 17.2. The molecule has 0 aliphatic carbocycles. The average Bonchev–Trinajstić information content (AvgIpc) is 2.90. The Morgan fingerprint density at radius 3 is 2.38 bits per heavy atom. The van der Waals surface area contributed by atoms with E-state index in [1.807, 2.05) is 14.1 Å². The van der Waals surface area contributed by atoms with Crippen LogP contribution in [0, 0.1) is 5.92 Å². The highest BCUT2D eigenvalue weighted by Gasteiger charge is 2.42. The minimum Gasteiger partial charge on any atom is -0.389 e. The predicted molar refractivity (Wildman–Crippen MR) is 83.3 cm³/mol. The molecular formula is C16H32N2O3. The summed E-state index contributed by atoms with van der Waals surface area (Å²) in [5, 5.41) is 21.0. The van der Waals surface area contributed by atoms with Crippen LogP contribution in [0.3, 0.4) is 0 Å². The van der Waals surface area contributed by atoms with Crippen LogP contribution in [0.2, 0.25) is 0 Å². The van der Waals surface area contributed by atoms with Crippen LogP contribution in [0.25, 0.3) is 0 Å². The maximum atomic E-state index is 10.6. The highest BCUT2D eigenvalue weighted by atomic mass is 16.5. The maximum absolute atomic E-state index is 10.6. The summed E-state index contributed by atoms with van der Waals surface area (Å²) in [5.41, 5.74) is 0. The summed E-state index contributed by atoms with van der Waals surface area (Å²) in [6.07, 6.45) is 1.79. The van der Waals surface area contributed by atoms with Crippen molar-refractivity contribution in [1.82, 2.24) is 9.80 Å². The summed E-state index contributed by atoms with van der Waals surface area (Å²) in [6, 6.07) is 0.0457. The van der Waals surface area contributed by atoms with Crippen LogP contribution in [-0.2, 0) is 4.74 Å². The molecule has 5 heteroatoms. The number of likely N-dealkylation sites (N-methyl/N-ethyl adjacent to an activating group) is 1. The SMILES string of the molecule is CC(C)[C@@H]1O[C@@H](C(O)CN2CCCC2)CC(N(C)C)C1O. The Bertz CT molecular complexity index is 301. The number of ether oxygens (including phenoxy) is 1. The average molecular weight is 300 g/mol. The molecule has 3 unspecified atom stereocenters. The van der Waals surface area contributed by atoms with E-state index in [1.165, 1.54) is 12.8 Å². The van der Waals surface area contributed by atoms with Crippen LogP contribution in [0.4, 0.5) is 0 Å². The summed E-state index contributed by atoms with van der Waals surface area (Å²) in [6.45, 7) is 6.98. The number of nitrogens with zero attached hydrogens (tertiary/aromatic N) is 2. The number of rotatable bonds is 5. The summed E-state index contributed by atoms with van der Waals surface area (Å²) in [7, 11) is 3.97. The van der Waals surface area contributed by atoms with Gasteiger partial charge >= 0.3 is 0 Å². The molecule has 0 aromatic carbocycles. The van der Waals surface area contributed by atoms with Crippen molar-refractivity contribution in [1.29, 1.82) is 0 Å². The summed E-state index contributed by atoms with van der Waals surface area (Å²) in [5.74, 6) is 0.240. The Balaban J connectivity index is 2.00. The van der Waals surface area contributed by atoms with Crippen molar-refractivity contribution in [3.8, 4) is 0 Å². The molecule has 2 heterocycles. The zero-order valence-corrected chi connectivity index (χ0v) is 13.9. The quantitative estimate of drug-likeness (QED) is 0.776. The van der Waals surface area contributed by atoms with Crippen LogP contribution in [0.5, 0.6) is 0 Å². The van der Waals surface area contributed by atoms with Crippen molar-refractivity contribution in [2.24, 2.45) is 5.92 Å². The molecule has 0 radical (unpaired) electrons. The van der Waals surface area contributed by atoms with Gasteiger partial charge in [0.05, 0.1) is 24.4 Å². The molecular weight excluding hydrogens is 268 g/mol. The number of hydrogen-bond acceptors (Lipinski definition) is 5. The smallest absolute Gasteiger partial charge is 0.0959 e. The number of likely N-dealkylation sites (tertiary alicyclic amines) is 1. The minimum absolute atomic E-state index is 0.0457. The molecule has 0 amide bonds. The van der Waals surface area contributed by atoms with Gasteiger partial charge in [0, 0.05) is 12.6 Å². The zero-order valence-electron chi connectivity index (χ0n) is 13.9. The molecule has 2 saturated heterocycles. The van der Waals surface area contributed by atoms with E-state index < -0.39 is 12.2 Å². The van der Waals surface area contributed by atoms with Crippen molar-refractivity contribution in [2.75, 3.05) is 33.7 Å². The number of aliphatic hydroxyl groups is 2. The number of β-amino-alcohol motifs (C(OH)–C–C–N with tert-alkyl or cyclic N) is 1. The third-order valence-corrected chi connectivity index (χ3v) is 4.93. The van der Waals surface area contributed by atoms with E-state index in [0.29, 0.717) is 13.0 Å². The van der Waals surface area contributed by atoms with E-state index >= 15 is 0 Å². The van der Waals surface area contributed by atoms with E-state index in [0.717, 1.165) is 13.1 Å². The largest absolute Gasteiger partial charge is 0.389 e.